The molecule has 2 aromatic rings. The molecule has 3 rings (SSSR count). The van der Waals surface area contributed by atoms with Gasteiger partial charge in [-0.1, -0.05) is 24.3 Å². The minimum absolute atomic E-state index is 0. The van der Waals surface area contributed by atoms with E-state index in [0.29, 0.717) is 0 Å². The fourth-order valence-electron chi connectivity index (χ4n) is 2.71. The highest BCUT2D eigenvalue weighted by Crippen LogP contribution is 2.21. The van der Waals surface area contributed by atoms with Crippen LogP contribution in [0, 0.1) is 0 Å². The highest BCUT2D eigenvalue weighted by Gasteiger charge is 2.23. The van der Waals surface area contributed by atoms with Crippen molar-refractivity contribution in [1.29, 1.82) is 0 Å². The molecule has 0 radical (unpaired) electrons. The van der Waals surface area contributed by atoms with Crippen molar-refractivity contribution >= 4 is 12.4 Å². The first-order chi connectivity index (χ1) is 9.54. The van der Waals surface area contributed by atoms with Crippen molar-refractivity contribution in [3.63, 3.8) is 0 Å². The maximum absolute atomic E-state index is 4.19. The standard InChI is InChI=1S/C15H21N5.ClH/c1-15(2,3)20-14(16-17-18-20)11-19-9-8-12-6-4-5-7-13(12)10-19;/h4-7H,8-11H2,1-3H3;1H. The Labute approximate surface area is 131 Å². The van der Waals surface area contributed by atoms with E-state index in [4.69, 9.17) is 0 Å². The average Bonchev–Trinajstić information content (AvgIpc) is 2.87. The summed E-state index contributed by atoms with van der Waals surface area (Å²) in [6, 6.07) is 8.68. The molecular formula is C15H22ClN5. The third-order valence-electron chi connectivity index (χ3n) is 3.74. The molecule has 1 aromatic carbocycles. The summed E-state index contributed by atoms with van der Waals surface area (Å²) in [5, 5.41) is 12.2. The van der Waals surface area contributed by atoms with Crippen LogP contribution >= 0.6 is 12.4 Å². The van der Waals surface area contributed by atoms with Crippen molar-refractivity contribution in [3.8, 4) is 0 Å². The van der Waals surface area contributed by atoms with E-state index in [1.165, 1.54) is 11.1 Å². The van der Waals surface area contributed by atoms with E-state index in [1.54, 1.807) is 0 Å². The number of nitrogens with zero attached hydrogens (tertiary/aromatic N) is 5. The molecule has 0 N–H and O–H groups in total. The summed E-state index contributed by atoms with van der Waals surface area (Å²) in [5.74, 6) is 0.942. The van der Waals surface area contributed by atoms with Crippen LogP contribution < -0.4 is 0 Å². The van der Waals surface area contributed by atoms with E-state index in [9.17, 15) is 0 Å². The first-order valence-electron chi connectivity index (χ1n) is 7.11. The molecule has 0 atom stereocenters. The molecule has 0 amide bonds. The molecule has 6 heteroatoms. The molecule has 0 saturated carbocycles. The van der Waals surface area contributed by atoms with Crippen molar-refractivity contribution < 1.29 is 0 Å². The molecular weight excluding hydrogens is 286 g/mol. The van der Waals surface area contributed by atoms with Crippen LogP contribution in [0.5, 0.6) is 0 Å². The molecule has 1 aliphatic heterocycles. The van der Waals surface area contributed by atoms with E-state index in [-0.39, 0.29) is 17.9 Å². The molecule has 1 aromatic heterocycles. The molecule has 2 heterocycles. The SMILES string of the molecule is CC(C)(C)n1nnnc1CN1CCc2ccccc2C1.Cl. The fourth-order valence-corrected chi connectivity index (χ4v) is 2.71. The Morgan fingerprint density at radius 2 is 1.86 bits per heavy atom. The van der Waals surface area contributed by atoms with Crippen LogP contribution in [0.3, 0.4) is 0 Å². The molecule has 0 unspecified atom stereocenters. The quantitative estimate of drug-likeness (QED) is 0.855. The Balaban J connectivity index is 0.00000161. The van der Waals surface area contributed by atoms with Gasteiger partial charge in [0.2, 0.25) is 0 Å². The van der Waals surface area contributed by atoms with Crippen LogP contribution in [0.25, 0.3) is 0 Å². The summed E-state index contributed by atoms with van der Waals surface area (Å²) < 4.78 is 1.92. The second kappa shape index (κ2) is 6.12. The summed E-state index contributed by atoms with van der Waals surface area (Å²) in [6.45, 7) is 9.22. The van der Waals surface area contributed by atoms with Gasteiger partial charge in [0.05, 0.1) is 12.1 Å². The topological polar surface area (TPSA) is 46.8 Å². The van der Waals surface area contributed by atoms with Crippen molar-refractivity contribution in [2.24, 2.45) is 0 Å². The maximum atomic E-state index is 4.19. The lowest BCUT2D eigenvalue weighted by molar-refractivity contribution is 0.223. The molecule has 0 aliphatic carbocycles. The Hall–Kier alpha value is -1.46. The number of hydrogen-bond donors (Lipinski definition) is 0. The number of tetrazole rings is 1. The number of hydrogen-bond acceptors (Lipinski definition) is 4. The van der Waals surface area contributed by atoms with Gasteiger partial charge in [-0.2, -0.15) is 0 Å². The van der Waals surface area contributed by atoms with Crippen LogP contribution in [0.15, 0.2) is 24.3 Å². The minimum Gasteiger partial charge on any atom is -0.291 e. The monoisotopic (exact) mass is 307 g/mol. The van der Waals surface area contributed by atoms with Gasteiger partial charge in [0.15, 0.2) is 5.82 Å². The van der Waals surface area contributed by atoms with Gasteiger partial charge in [0, 0.05) is 13.1 Å². The van der Waals surface area contributed by atoms with Crippen LogP contribution in [0.4, 0.5) is 0 Å². The van der Waals surface area contributed by atoms with Crippen LogP contribution in [-0.4, -0.2) is 31.7 Å². The smallest absolute Gasteiger partial charge is 0.165 e. The maximum Gasteiger partial charge on any atom is 0.165 e. The van der Waals surface area contributed by atoms with Gasteiger partial charge in [0.25, 0.3) is 0 Å². The normalized spacial score (nSPS) is 15.4. The van der Waals surface area contributed by atoms with E-state index < -0.39 is 0 Å². The molecule has 0 spiro atoms. The number of fused-ring (bicyclic) bond motifs is 1. The zero-order valence-corrected chi connectivity index (χ0v) is 13.6. The van der Waals surface area contributed by atoms with Gasteiger partial charge in [-0.05, 0) is 48.7 Å². The Morgan fingerprint density at radius 1 is 1.14 bits per heavy atom. The number of rotatable bonds is 2. The first kappa shape index (κ1) is 15.9. The third kappa shape index (κ3) is 3.41. The summed E-state index contributed by atoms with van der Waals surface area (Å²) in [7, 11) is 0. The van der Waals surface area contributed by atoms with E-state index in [0.717, 1.165) is 31.9 Å². The zero-order valence-electron chi connectivity index (χ0n) is 12.8. The van der Waals surface area contributed by atoms with Crippen molar-refractivity contribution in [2.75, 3.05) is 6.54 Å². The van der Waals surface area contributed by atoms with Gasteiger partial charge in [-0.3, -0.25) is 4.90 Å². The highest BCUT2D eigenvalue weighted by atomic mass is 35.5. The molecule has 0 fully saturated rings. The van der Waals surface area contributed by atoms with Crippen molar-refractivity contribution in [3.05, 3.63) is 41.2 Å². The lowest BCUT2D eigenvalue weighted by Crippen LogP contribution is -2.33. The lowest BCUT2D eigenvalue weighted by atomic mass is 10.00. The zero-order chi connectivity index (χ0) is 14.2. The molecule has 1 aliphatic rings. The summed E-state index contributed by atoms with van der Waals surface area (Å²) in [6.07, 6.45) is 1.10. The molecule has 21 heavy (non-hydrogen) atoms. The van der Waals surface area contributed by atoms with Crippen molar-refractivity contribution in [1.82, 2.24) is 25.1 Å². The highest BCUT2D eigenvalue weighted by molar-refractivity contribution is 5.85. The van der Waals surface area contributed by atoms with Crippen LogP contribution in [0.2, 0.25) is 0 Å². The summed E-state index contributed by atoms with van der Waals surface area (Å²) in [4.78, 5) is 2.41. The average molecular weight is 308 g/mol. The largest absolute Gasteiger partial charge is 0.291 e. The third-order valence-corrected chi connectivity index (χ3v) is 3.74. The Morgan fingerprint density at radius 3 is 2.57 bits per heavy atom. The van der Waals surface area contributed by atoms with E-state index >= 15 is 0 Å². The second-order valence-corrected chi connectivity index (χ2v) is 6.41. The summed E-state index contributed by atoms with van der Waals surface area (Å²) in [5.41, 5.74) is 2.82. The fraction of sp³-hybridized carbons (Fsp3) is 0.533. The van der Waals surface area contributed by atoms with Crippen molar-refractivity contribution in [2.45, 2.75) is 45.8 Å². The number of aromatic nitrogens is 4. The number of benzene rings is 1. The van der Waals surface area contributed by atoms with Gasteiger partial charge in [-0.25, -0.2) is 4.68 Å². The Bertz CT molecular complexity index is 602. The predicted octanol–water partition coefficient (Wildman–Crippen LogP) is 2.41. The molecule has 0 bridgehead atoms. The predicted molar refractivity (Wildman–Crippen MR) is 84.3 cm³/mol. The Kier molecular flexibility index (Phi) is 4.64. The molecule has 114 valence electrons. The second-order valence-electron chi connectivity index (χ2n) is 6.41. The van der Waals surface area contributed by atoms with Gasteiger partial charge in [-0.15, -0.1) is 17.5 Å². The van der Waals surface area contributed by atoms with E-state index in [2.05, 4.69) is 65.5 Å². The molecule has 5 nitrogen and oxygen atoms in total. The summed E-state index contributed by atoms with van der Waals surface area (Å²) >= 11 is 0. The lowest BCUT2D eigenvalue weighted by Gasteiger charge is -2.29. The molecule has 0 saturated heterocycles. The number of halogens is 1. The van der Waals surface area contributed by atoms with Gasteiger partial charge in [0.1, 0.15) is 0 Å². The first-order valence-corrected chi connectivity index (χ1v) is 7.11. The van der Waals surface area contributed by atoms with E-state index in [1.807, 2.05) is 4.68 Å². The van der Waals surface area contributed by atoms with Crippen LogP contribution in [0.1, 0.15) is 37.7 Å². The van der Waals surface area contributed by atoms with Gasteiger partial charge < -0.3 is 0 Å². The van der Waals surface area contributed by atoms with Crippen LogP contribution in [-0.2, 0) is 25.0 Å². The van der Waals surface area contributed by atoms with Gasteiger partial charge >= 0.3 is 0 Å². The minimum atomic E-state index is -0.0769.